The molecule has 1 unspecified atom stereocenters. The number of carbonyl (C=O) groups is 2. The zero-order valence-corrected chi connectivity index (χ0v) is 18.8. The van der Waals surface area contributed by atoms with Gasteiger partial charge in [-0.25, -0.2) is 8.42 Å². The molecule has 1 atom stereocenters. The fourth-order valence-corrected chi connectivity index (χ4v) is 5.02. The summed E-state index contributed by atoms with van der Waals surface area (Å²) in [6, 6.07) is 11.7. The third-order valence-corrected chi connectivity index (χ3v) is 7.18. The van der Waals surface area contributed by atoms with Gasteiger partial charge in [0.1, 0.15) is 5.75 Å². The van der Waals surface area contributed by atoms with Gasteiger partial charge in [-0.2, -0.15) is 4.31 Å². The molecule has 1 aliphatic heterocycles. The first-order chi connectivity index (χ1) is 15.4. The van der Waals surface area contributed by atoms with E-state index in [-0.39, 0.29) is 36.2 Å². The predicted octanol–water partition coefficient (Wildman–Crippen LogP) is 1.31. The van der Waals surface area contributed by atoms with E-state index >= 15 is 0 Å². The third kappa shape index (κ3) is 6.27. The van der Waals surface area contributed by atoms with E-state index in [4.69, 9.17) is 4.74 Å². The van der Waals surface area contributed by atoms with Gasteiger partial charge in [0, 0.05) is 32.3 Å². The highest BCUT2D eigenvalue weighted by atomic mass is 32.2. The van der Waals surface area contributed by atoms with Gasteiger partial charge in [-0.15, -0.1) is 0 Å². The molecule has 172 valence electrons. The number of piperidine rings is 1. The minimum Gasteiger partial charge on any atom is -0.497 e. The molecule has 0 radical (unpaired) electrons. The quantitative estimate of drug-likeness (QED) is 0.583. The number of benzene rings is 1. The molecule has 0 spiro atoms. The summed E-state index contributed by atoms with van der Waals surface area (Å²) in [5.41, 5.74) is 0.755. The average Bonchev–Trinajstić information content (AvgIpc) is 2.83. The summed E-state index contributed by atoms with van der Waals surface area (Å²) in [4.78, 5) is 28.8. The van der Waals surface area contributed by atoms with Crippen molar-refractivity contribution in [2.45, 2.75) is 30.7 Å². The van der Waals surface area contributed by atoms with Crippen molar-refractivity contribution in [3.05, 3.63) is 54.4 Å². The van der Waals surface area contributed by atoms with Crippen LogP contribution in [0.15, 0.2) is 53.6 Å². The van der Waals surface area contributed by atoms with Crippen molar-refractivity contribution in [1.82, 2.24) is 19.9 Å². The summed E-state index contributed by atoms with van der Waals surface area (Å²) in [6.07, 6.45) is 2.99. The maximum absolute atomic E-state index is 12.9. The molecule has 9 nitrogen and oxygen atoms in total. The number of nitrogens with zero attached hydrogens (tertiary/aromatic N) is 2. The molecule has 0 saturated carbocycles. The van der Waals surface area contributed by atoms with Crippen molar-refractivity contribution in [3.8, 4) is 5.75 Å². The Bertz CT molecular complexity index is 1010. The van der Waals surface area contributed by atoms with E-state index in [9.17, 15) is 18.0 Å². The van der Waals surface area contributed by atoms with Gasteiger partial charge in [-0.05, 0) is 49.2 Å². The van der Waals surface area contributed by atoms with Gasteiger partial charge in [0.2, 0.25) is 21.8 Å². The zero-order valence-electron chi connectivity index (χ0n) is 18.0. The molecule has 1 saturated heterocycles. The van der Waals surface area contributed by atoms with E-state index in [1.54, 1.807) is 24.4 Å². The molecule has 1 aromatic carbocycles. The number of ether oxygens (including phenoxy) is 1. The van der Waals surface area contributed by atoms with Crippen molar-refractivity contribution < 1.29 is 22.7 Å². The first kappa shape index (κ1) is 23.7. The normalized spacial score (nSPS) is 16.8. The maximum Gasteiger partial charge on any atom is 0.243 e. The number of sulfonamides is 1. The molecule has 0 bridgehead atoms. The Hall–Kier alpha value is -2.98. The predicted molar refractivity (Wildman–Crippen MR) is 118 cm³/mol. The zero-order chi connectivity index (χ0) is 23.0. The van der Waals surface area contributed by atoms with E-state index in [0.717, 1.165) is 5.69 Å². The Morgan fingerprint density at radius 3 is 2.62 bits per heavy atom. The monoisotopic (exact) mass is 460 g/mol. The van der Waals surface area contributed by atoms with Crippen LogP contribution in [0.2, 0.25) is 0 Å². The number of pyridine rings is 1. The summed E-state index contributed by atoms with van der Waals surface area (Å²) in [5.74, 6) is -0.308. The number of aromatic nitrogens is 1. The van der Waals surface area contributed by atoms with Crippen LogP contribution in [-0.2, 0) is 26.2 Å². The molecule has 2 aromatic rings. The van der Waals surface area contributed by atoms with Gasteiger partial charge in [0.25, 0.3) is 0 Å². The lowest BCUT2D eigenvalue weighted by Gasteiger charge is -2.31. The smallest absolute Gasteiger partial charge is 0.243 e. The highest BCUT2D eigenvalue weighted by Gasteiger charge is 2.33. The van der Waals surface area contributed by atoms with Crippen molar-refractivity contribution >= 4 is 21.8 Å². The largest absolute Gasteiger partial charge is 0.497 e. The van der Waals surface area contributed by atoms with Gasteiger partial charge < -0.3 is 15.4 Å². The second-order valence-corrected chi connectivity index (χ2v) is 9.45. The second-order valence-electron chi connectivity index (χ2n) is 7.52. The van der Waals surface area contributed by atoms with Crippen LogP contribution in [0.5, 0.6) is 5.75 Å². The first-order valence-electron chi connectivity index (χ1n) is 10.5. The van der Waals surface area contributed by atoms with Crippen molar-refractivity contribution in [2.75, 3.05) is 26.7 Å². The number of rotatable bonds is 9. The summed E-state index contributed by atoms with van der Waals surface area (Å²) in [7, 11) is -2.18. The fraction of sp³-hybridized carbons (Fsp3) is 0.409. The SMILES string of the molecule is COc1ccc(S(=O)(=O)N2CCCC(C(=O)NCCC(=O)NCc3ccccn3)C2)cc1. The summed E-state index contributed by atoms with van der Waals surface area (Å²) < 4.78 is 32.3. The number of hydrogen-bond donors (Lipinski definition) is 2. The lowest BCUT2D eigenvalue weighted by atomic mass is 9.99. The topological polar surface area (TPSA) is 118 Å². The van der Waals surface area contributed by atoms with Crippen LogP contribution in [0.1, 0.15) is 25.0 Å². The highest BCUT2D eigenvalue weighted by Crippen LogP contribution is 2.25. The minimum absolute atomic E-state index is 0.117. The van der Waals surface area contributed by atoms with E-state index < -0.39 is 15.9 Å². The Morgan fingerprint density at radius 2 is 1.94 bits per heavy atom. The van der Waals surface area contributed by atoms with Gasteiger partial charge in [-0.1, -0.05) is 6.07 Å². The van der Waals surface area contributed by atoms with Gasteiger partial charge in [0.05, 0.1) is 30.2 Å². The Balaban J connectivity index is 1.46. The van der Waals surface area contributed by atoms with Crippen molar-refractivity contribution in [1.29, 1.82) is 0 Å². The molecular weight excluding hydrogens is 432 g/mol. The van der Waals surface area contributed by atoms with E-state index in [1.165, 1.54) is 23.5 Å². The van der Waals surface area contributed by atoms with Gasteiger partial charge in [0.15, 0.2) is 0 Å². The summed E-state index contributed by atoms with van der Waals surface area (Å²) in [6.45, 7) is 1.00. The molecule has 2 amide bonds. The van der Waals surface area contributed by atoms with E-state index in [1.807, 2.05) is 12.1 Å². The van der Waals surface area contributed by atoms with Gasteiger partial charge >= 0.3 is 0 Å². The Kier molecular flexibility index (Phi) is 8.18. The maximum atomic E-state index is 12.9. The van der Waals surface area contributed by atoms with E-state index in [2.05, 4.69) is 15.6 Å². The third-order valence-electron chi connectivity index (χ3n) is 5.30. The standard InChI is InChI=1S/C22H28N4O5S/c1-31-19-7-9-20(10-8-19)32(29,30)26-14-4-5-17(16-26)22(28)24-13-11-21(27)25-15-18-6-2-3-12-23-18/h2-3,6-10,12,17H,4-5,11,13-16H2,1H3,(H,24,28)(H,25,27). The summed E-state index contributed by atoms with van der Waals surface area (Å²) in [5, 5.41) is 5.51. The minimum atomic E-state index is -3.69. The lowest BCUT2D eigenvalue weighted by molar-refractivity contribution is -0.126. The number of amides is 2. The molecule has 1 aromatic heterocycles. The molecule has 2 heterocycles. The molecule has 32 heavy (non-hydrogen) atoms. The van der Waals surface area contributed by atoms with Crippen LogP contribution in [0.3, 0.4) is 0 Å². The van der Waals surface area contributed by atoms with Crippen molar-refractivity contribution in [3.63, 3.8) is 0 Å². The van der Waals surface area contributed by atoms with Gasteiger partial charge in [-0.3, -0.25) is 14.6 Å². The van der Waals surface area contributed by atoms with Crippen LogP contribution in [0.25, 0.3) is 0 Å². The van der Waals surface area contributed by atoms with Crippen LogP contribution >= 0.6 is 0 Å². The van der Waals surface area contributed by atoms with E-state index in [0.29, 0.717) is 31.7 Å². The number of carbonyl (C=O) groups excluding carboxylic acids is 2. The number of nitrogens with one attached hydrogen (secondary N) is 2. The first-order valence-corrected chi connectivity index (χ1v) is 11.9. The number of hydrogen-bond acceptors (Lipinski definition) is 6. The van der Waals surface area contributed by atoms with Crippen LogP contribution in [0.4, 0.5) is 0 Å². The molecule has 2 N–H and O–H groups in total. The average molecular weight is 461 g/mol. The fourth-order valence-electron chi connectivity index (χ4n) is 3.50. The second kappa shape index (κ2) is 11.1. The molecule has 10 heteroatoms. The highest BCUT2D eigenvalue weighted by molar-refractivity contribution is 7.89. The molecular formula is C22H28N4O5S. The summed E-state index contributed by atoms with van der Waals surface area (Å²) >= 11 is 0. The van der Waals surface area contributed by atoms with Crippen LogP contribution in [-0.4, -0.2) is 56.3 Å². The lowest BCUT2D eigenvalue weighted by Crippen LogP contribution is -2.45. The molecule has 1 fully saturated rings. The number of methoxy groups -OCH3 is 1. The van der Waals surface area contributed by atoms with Crippen molar-refractivity contribution in [2.24, 2.45) is 5.92 Å². The molecule has 1 aliphatic rings. The Morgan fingerprint density at radius 1 is 1.16 bits per heavy atom. The Labute approximate surface area is 188 Å². The van der Waals surface area contributed by atoms with Crippen LogP contribution < -0.4 is 15.4 Å². The molecule has 3 rings (SSSR count). The molecule has 0 aliphatic carbocycles. The van der Waals surface area contributed by atoms with Crippen LogP contribution in [0, 0.1) is 5.92 Å².